The van der Waals surface area contributed by atoms with Crippen molar-refractivity contribution in [3.05, 3.63) is 47.0 Å². The third-order valence-corrected chi connectivity index (χ3v) is 3.08. The van der Waals surface area contributed by atoms with Gasteiger partial charge in [0.2, 0.25) is 0 Å². The molecule has 0 aliphatic heterocycles. The maximum atomic E-state index is 13.6. The standard InChI is InChI=1S/C13H14ClF2N3/c1-8(2)19-12(17-18-13(19)7-14)5-9-3-4-10(15)6-11(9)16/h3-4,6,8H,5,7H2,1-2H3. The van der Waals surface area contributed by atoms with E-state index < -0.39 is 11.6 Å². The van der Waals surface area contributed by atoms with Crippen LogP contribution in [0.1, 0.15) is 37.1 Å². The summed E-state index contributed by atoms with van der Waals surface area (Å²) in [5.74, 6) is 0.348. The topological polar surface area (TPSA) is 30.7 Å². The number of aromatic nitrogens is 3. The molecular formula is C13H14ClF2N3. The van der Waals surface area contributed by atoms with E-state index >= 15 is 0 Å². The first-order valence-electron chi connectivity index (χ1n) is 5.95. The van der Waals surface area contributed by atoms with E-state index in [9.17, 15) is 8.78 Å². The lowest BCUT2D eigenvalue weighted by Crippen LogP contribution is -2.10. The number of alkyl halides is 1. The van der Waals surface area contributed by atoms with E-state index in [1.165, 1.54) is 12.1 Å². The highest BCUT2D eigenvalue weighted by molar-refractivity contribution is 6.16. The minimum atomic E-state index is -0.590. The van der Waals surface area contributed by atoms with Gasteiger partial charge in [-0.3, -0.25) is 0 Å². The lowest BCUT2D eigenvalue weighted by Gasteiger charge is -2.13. The number of hydrogen-bond acceptors (Lipinski definition) is 2. The Bertz CT molecular complexity index is 581. The fraction of sp³-hybridized carbons (Fsp3) is 0.385. The van der Waals surface area contributed by atoms with Crippen LogP contribution in [0.2, 0.25) is 0 Å². The second-order valence-corrected chi connectivity index (χ2v) is 4.81. The van der Waals surface area contributed by atoms with Gasteiger partial charge in [-0.25, -0.2) is 8.78 Å². The van der Waals surface area contributed by atoms with E-state index in [2.05, 4.69) is 10.2 Å². The monoisotopic (exact) mass is 285 g/mol. The molecule has 0 atom stereocenters. The molecule has 0 radical (unpaired) electrons. The normalized spacial score (nSPS) is 11.3. The van der Waals surface area contributed by atoms with Crippen LogP contribution in [0, 0.1) is 11.6 Å². The summed E-state index contributed by atoms with van der Waals surface area (Å²) in [6.07, 6.45) is 0.258. The molecule has 0 aliphatic rings. The van der Waals surface area contributed by atoms with E-state index in [4.69, 9.17) is 11.6 Å². The number of nitrogens with zero attached hydrogens (tertiary/aromatic N) is 3. The van der Waals surface area contributed by atoms with Crippen LogP contribution in [0.5, 0.6) is 0 Å². The Morgan fingerprint density at radius 2 is 1.89 bits per heavy atom. The molecule has 6 heteroatoms. The first-order chi connectivity index (χ1) is 9.02. The van der Waals surface area contributed by atoms with Crippen LogP contribution in [0.4, 0.5) is 8.78 Å². The number of benzene rings is 1. The molecule has 0 bridgehead atoms. The summed E-state index contributed by atoms with van der Waals surface area (Å²) in [7, 11) is 0. The first kappa shape index (κ1) is 13.9. The molecule has 0 N–H and O–H groups in total. The molecule has 1 aromatic heterocycles. The Balaban J connectivity index is 2.35. The third kappa shape index (κ3) is 2.92. The highest BCUT2D eigenvalue weighted by Crippen LogP contribution is 2.18. The average Bonchev–Trinajstić information content (AvgIpc) is 2.75. The van der Waals surface area contributed by atoms with E-state index in [-0.39, 0.29) is 18.3 Å². The van der Waals surface area contributed by atoms with Crippen molar-refractivity contribution < 1.29 is 8.78 Å². The Hall–Kier alpha value is -1.49. The SMILES string of the molecule is CC(C)n1c(CCl)nnc1Cc1ccc(F)cc1F. The quantitative estimate of drug-likeness (QED) is 0.806. The molecule has 19 heavy (non-hydrogen) atoms. The summed E-state index contributed by atoms with van der Waals surface area (Å²) in [5, 5.41) is 8.02. The maximum Gasteiger partial charge on any atom is 0.148 e. The van der Waals surface area contributed by atoms with Gasteiger partial charge in [-0.15, -0.1) is 21.8 Å². The molecule has 0 saturated heterocycles. The molecule has 1 heterocycles. The Labute approximate surface area is 115 Å². The van der Waals surface area contributed by atoms with Crippen LogP contribution in [-0.2, 0) is 12.3 Å². The van der Waals surface area contributed by atoms with Crippen molar-refractivity contribution in [1.29, 1.82) is 0 Å². The summed E-state index contributed by atoms with van der Waals surface area (Å²) in [6.45, 7) is 3.95. The van der Waals surface area contributed by atoms with E-state index in [1.807, 2.05) is 18.4 Å². The molecule has 2 aromatic rings. The number of halogens is 3. The zero-order valence-corrected chi connectivity index (χ0v) is 11.5. The highest BCUT2D eigenvalue weighted by Gasteiger charge is 2.16. The Morgan fingerprint density at radius 1 is 1.21 bits per heavy atom. The highest BCUT2D eigenvalue weighted by atomic mass is 35.5. The number of hydrogen-bond donors (Lipinski definition) is 0. The Morgan fingerprint density at radius 3 is 2.47 bits per heavy atom. The minimum absolute atomic E-state index is 0.127. The van der Waals surface area contributed by atoms with Crippen molar-refractivity contribution in [2.24, 2.45) is 0 Å². The van der Waals surface area contributed by atoms with Gasteiger partial charge in [0.1, 0.15) is 23.3 Å². The average molecular weight is 286 g/mol. The largest absolute Gasteiger partial charge is 0.311 e. The van der Waals surface area contributed by atoms with Gasteiger partial charge in [-0.1, -0.05) is 6.07 Å². The second-order valence-electron chi connectivity index (χ2n) is 4.54. The smallest absolute Gasteiger partial charge is 0.148 e. The van der Waals surface area contributed by atoms with Crippen LogP contribution in [-0.4, -0.2) is 14.8 Å². The molecule has 0 unspecified atom stereocenters. The summed E-state index contributed by atoms with van der Waals surface area (Å²) in [5.41, 5.74) is 0.386. The lowest BCUT2D eigenvalue weighted by atomic mass is 10.1. The van der Waals surface area contributed by atoms with Gasteiger partial charge in [0.25, 0.3) is 0 Å². The summed E-state index contributed by atoms with van der Waals surface area (Å²) >= 11 is 5.80. The van der Waals surface area contributed by atoms with Gasteiger partial charge in [-0.05, 0) is 25.5 Å². The van der Waals surface area contributed by atoms with Crippen molar-refractivity contribution in [2.75, 3.05) is 0 Å². The van der Waals surface area contributed by atoms with Gasteiger partial charge in [0, 0.05) is 18.5 Å². The molecule has 0 fully saturated rings. The molecule has 1 aromatic carbocycles. The second kappa shape index (κ2) is 5.65. The molecular weight excluding hydrogens is 272 g/mol. The van der Waals surface area contributed by atoms with Crippen LogP contribution < -0.4 is 0 Å². The van der Waals surface area contributed by atoms with Crippen LogP contribution in [0.15, 0.2) is 18.2 Å². The molecule has 0 saturated carbocycles. The van der Waals surface area contributed by atoms with Crippen molar-refractivity contribution in [3.63, 3.8) is 0 Å². The maximum absolute atomic E-state index is 13.6. The van der Waals surface area contributed by atoms with Gasteiger partial charge < -0.3 is 4.57 Å². The Kier molecular flexibility index (Phi) is 4.14. The predicted molar refractivity (Wildman–Crippen MR) is 69.1 cm³/mol. The third-order valence-electron chi connectivity index (χ3n) is 2.84. The fourth-order valence-corrected chi connectivity index (χ4v) is 2.19. The fourth-order valence-electron chi connectivity index (χ4n) is 2.00. The molecule has 2 rings (SSSR count). The van der Waals surface area contributed by atoms with Crippen molar-refractivity contribution in [2.45, 2.75) is 32.2 Å². The van der Waals surface area contributed by atoms with Crippen LogP contribution in [0.25, 0.3) is 0 Å². The van der Waals surface area contributed by atoms with Gasteiger partial charge >= 0.3 is 0 Å². The van der Waals surface area contributed by atoms with Gasteiger partial charge in [0.05, 0.1) is 5.88 Å². The van der Waals surface area contributed by atoms with E-state index in [0.717, 1.165) is 6.07 Å². The lowest BCUT2D eigenvalue weighted by molar-refractivity contribution is 0.547. The first-order valence-corrected chi connectivity index (χ1v) is 6.49. The molecule has 0 aliphatic carbocycles. The summed E-state index contributed by atoms with van der Waals surface area (Å²) in [4.78, 5) is 0. The van der Waals surface area contributed by atoms with Crippen molar-refractivity contribution >= 4 is 11.6 Å². The van der Waals surface area contributed by atoms with E-state index in [1.54, 1.807) is 0 Å². The van der Waals surface area contributed by atoms with Crippen LogP contribution in [0.3, 0.4) is 0 Å². The molecule has 3 nitrogen and oxygen atoms in total. The van der Waals surface area contributed by atoms with Gasteiger partial charge in [-0.2, -0.15) is 0 Å². The van der Waals surface area contributed by atoms with E-state index in [0.29, 0.717) is 17.2 Å². The van der Waals surface area contributed by atoms with Crippen molar-refractivity contribution in [1.82, 2.24) is 14.8 Å². The molecule has 102 valence electrons. The zero-order valence-electron chi connectivity index (χ0n) is 10.7. The summed E-state index contributed by atoms with van der Waals surface area (Å²) in [6, 6.07) is 3.65. The molecule has 0 spiro atoms. The summed E-state index contributed by atoms with van der Waals surface area (Å²) < 4.78 is 28.4. The predicted octanol–water partition coefficient (Wildman–Crippen LogP) is 3.47. The minimum Gasteiger partial charge on any atom is -0.311 e. The van der Waals surface area contributed by atoms with Crippen molar-refractivity contribution in [3.8, 4) is 0 Å². The molecule has 0 amide bonds. The van der Waals surface area contributed by atoms with Gasteiger partial charge in [0.15, 0.2) is 0 Å². The number of rotatable bonds is 4. The zero-order chi connectivity index (χ0) is 14.0. The van der Waals surface area contributed by atoms with Crippen LogP contribution >= 0.6 is 11.6 Å².